The van der Waals surface area contributed by atoms with Gasteiger partial charge in [-0.05, 0) is 49.4 Å². The lowest BCUT2D eigenvalue weighted by Crippen LogP contribution is -1.95. The van der Waals surface area contributed by atoms with E-state index >= 15 is 0 Å². The highest BCUT2D eigenvalue weighted by Crippen LogP contribution is 2.24. The SMILES string of the molecule is Cc1ccc(Cc2cc([N+](=O)[O-])ccc2S)cc1.Cc1ccc(Cc2cc([N+](=O)[O-])ccc2[S-])cc1. The Labute approximate surface area is 221 Å². The zero-order valence-corrected chi connectivity index (χ0v) is 21.6. The van der Waals surface area contributed by atoms with Crippen LogP contribution in [0.25, 0.3) is 0 Å². The molecule has 8 heteroatoms. The fraction of sp³-hybridized carbons (Fsp3) is 0.143. The number of rotatable bonds is 6. The van der Waals surface area contributed by atoms with Crippen molar-refractivity contribution in [2.45, 2.75) is 36.5 Å². The van der Waals surface area contributed by atoms with Gasteiger partial charge in [-0.3, -0.25) is 20.2 Å². The quantitative estimate of drug-likeness (QED) is 0.127. The lowest BCUT2D eigenvalue weighted by molar-refractivity contribution is -0.385. The molecule has 0 saturated carbocycles. The van der Waals surface area contributed by atoms with Gasteiger partial charge < -0.3 is 12.6 Å². The molecule has 6 nitrogen and oxygen atoms in total. The first-order valence-electron chi connectivity index (χ1n) is 11.1. The average Bonchev–Trinajstić information content (AvgIpc) is 2.85. The van der Waals surface area contributed by atoms with E-state index in [2.05, 4.69) is 12.6 Å². The van der Waals surface area contributed by atoms with Crippen LogP contribution in [0.5, 0.6) is 0 Å². The summed E-state index contributed by atoms with van der Waals surface area (Å²) >= 11 is 9.54. The number of non-ortho nitro benzene ring substituents is 2. The third-order valence-electron chi connectivity index (χ3n) is 5.56. The average molecular weight is 518 g/mol. The minimum Gasteiger partial charge on any atom is -0.779 e. The zero-order valence-electron chi connectivity index (χ0n) is 19.9. The number of hydrogen-bond acceptors (Lipinski definition) is 6. The molecule has 0 N–H and O–H groups in total. The Morgan fingerprint density at radius 2 is 1.08 bits per heavy atom. The molecule has 4 aromatic rings. The van der Waals surface area contributed by atoms with Crippen LogP contribution >= 0.6 is 12.6 Å². The molecule has 4 aromatic carbocycles. The predicted molar refractivity (Wildman–Crippen MR) is 147 cm³/mol. The molecule has 4 rings (SSSR count). The molecule has 0 amide bonds. The van der Waals surface area contributed by atoms with Gasteiger partial charge in [0.2, 0.25) is 0 Å². The summed E-state index contributed by atoms with van der Waals surface area (Å²) in [6.45, 7) is 4.05. The van der Waals surface area contributed by atoms with Crippen LogP contribution in [0.4, 0.5) is 11.4 Å². The molecule has 0 saturated heterocycles. The van der Waals surface area contributed by atoms with Gasteiger partial charge in [0.15, 0.2) is 0 Å². The number of nitro groups is 2. The molecule has 0 atom stereocenters. The van der Waals surface area contributed by atoms with Crippen LogP contribution in [0.1, 0.15) is 33.4 Å². The summed E-state index contributed by atoms with van der Waals surface area (Å²) in [6.07, 6.45) is 1.28. The van der Waals surface area contributed by atoms with Crippen molar-refractivity contribution >= 4 is 36.6 Å². The highest BCUT2D eigenvalue weighted by molar-refractivity contribution is 7.80. The van der Waals surface area contributed by atoms with Crippen LogP contribution < -0.4 is 0 Å². The van der Waals surface area contributed by atoms with Crippen molar-refractivity contribution in [3.05, 3.63) is 139 Å². The van der Waals surface area contributed by atoms with Gasteiger partial charge in [0.1, 0.15) is 0 Å². The van der Waals surface area contributed by atoms with Crippen molar-refractivity contribution in [3.63, 3.8) is 0 Å². The number of nitrogens with zero attached hydrogens (tertiary/aromatic N) is 2. The van der Waals surface area contributed by atoms with Crippen LogP contribution in [-0.2, 0) is 25.5 Å². The van der Waals surface area contributed by atoms with E-state index in [9.17, 15) is 20.2 Å². The van der Waals surface area contributed by atoms with E-state index in [1.165, 1.54) is 23.3 Å². The molecule has 0 heterocycles. The van der Waals surface area contributed by atoms with Gasteiger partial charge in [-0.15, -0.1) is 12.6 Å². The van der Waals surface area contributed by atoms with Gasteiger partial charge in [-0.1, -0.05) is 71.3 Å². The van der Waals surface area contributed by atoms with Gasteiger partial charge >= 0.3 is 0 Å². The molecule has 0 aromatic heterocycles. The molecule has 0 aliphatic heterocycles. The lowest BCUT2D eigenvalue weighted by atomic mass is 10.0. The molecule has 0 bridgehead atoms. The Morgan fingerprint density at radius 3 is 1.56 bits per heavy atom. The molecular formula is C28H25N2O4S2-. The fourth-order valence-corrected chi connectivity index (χ4v) is 3.91. The van der Waals surface area contributed by atoms with E-state index in [0.29, 0.717) is 17.7 Å². The number of thiol groups is 1. The Morgan fingerprint density at radius 1 is 0.667 bits per heavy atom. The summed E-state index contributed by atoms with van der Waals surface area (Å²) in [6, 6.07) is 25.6. The molecular weight excluding hydrogens is 492 g/mol. The van der Waals surface area contributed by atoms with E-state index in [1.807, 2.05) is 62.4 Å². The number of aryl methyl sites for hydroxylation is 2. The van der Waals surface area contributed by atoms with Crippen molar-refractivity contribution in [2.75, 3.05) is 0 Å². The van der Waals surface area contributed by atoms with E-state index < -0.39 is 4.92 Å². The highest BCUT2D eigenvalue weighted by Gasteiger charge is 2.10. The smallest absolute Gasteiger partial charge is 0.269 e. The first kappa shape index (κ1) is 26.8. The third kappa shape index (κ3) is 7.63. The maximum atomic E-state index is 10.7. The maximum Gasteiger partial charge on any atom is 0.269 e. The van der Waals surface area contributed by atoms with Crippen LogP contribution in [0, 0.1) is 34.1 Å². The van der Waals surface area contributed by atoms with Crippen LogP contribution in [0.3, 0.4) is 0 Å². The van der Waals surface area contributed by atoms with Gasteiger partial charge in [-0.25, -0.2) is 0 Å². The van der Waals surface area contributed by atoms with Crippen molar-refractivity contribution in [1.82, 2.24) is 0 Å². The highest BCUT2D eigenvalue weighted by atomic mass is 32.1. The van der Waals surface area contributed by atoms with Crippen LogP contribution in [0.2, 0.25) is 0 Å². The molecule has 36 heavy (non-hydrogen) atoms. The minimum atomic E-state index is -0.395. The summed E-state index contributed by atoms with van der Waals surface area (Å²) in [5.41, 5.74) is 6.50. The maximum absolute atomic E-state index is 10.7. The summed E-state index contributed by atoms with van der Waals surface area (Å²) in [4.78, 5) is 22.1. The monoisotopic (exact) mass is 517 g/mol. The van der Waals surface area contributed by atoms with Gasteiger partial charge in [0.05, 0.1) is 9.85 Å². The molecule has 0 aliphatic carbocycles. The molecule has 184 valence electrons. The molecule has 0 spiro atoms. The first-order valence-corrected chi connectivity index (χ1v) is 12.0. The second kappa shape index (κ2) is 12.3. The number of hydrogen-bond donors (Lipinski definition) is 1. The standard InChI is InChI=1S/2C14H13NO2S/c2*1-10-2-4-11(5-3-10)8-12-9-13(15(16)17)6-7-14(12)18/h2*2-7,9,18H,8H2,1H3/p-1. The largest absolute Gasteiger partial charge is 0.779 e. The third-order valence-corrected chi connectivity index (χ3v) is 6.39. The normalized spacial score (nSPS) is 10.3. The molecule has 0 unspecified atom stereocenters. The van der Waals surface area contributed by atoms with Gasteiger partial charge in [0.25, 0.3) is 11.4 Å². The molecule has 0 radical (unpaired) electrons. The Balaban J connectivity index is 0.000000201. The van der Waals surface area contributed by atoms with Crippen molar-refractivity contribution in [3.8, 4) is 0 Å². The van der Waals surface area contributed by atoms with E-state index in [4.69, 9.17) is 12.6 Å². The van der Waals surface area contributed by atoms with E-state index in [1.54, 1.807) is 24.3 Å². The second-order valence-electron chi connectivity index (χ2n) is 8.44. The summed E-state index contributed by atoms with van der Waals surface area (Å²) in [7, 11) is 0. The minimum absolute atomic E-state index is 0.0886. The predicted octanol–water partition coefficient (Wildman–Crippen LogP) is 7.18. The second-order valence-corrected chi connectivity index (χ2v) is 9.37. The summed E-state index contributed by atoms with van der Waals surface area (Å²) < 4.78 is 0. The zero-order chi connectivity index (χ0) is 26.2. The summed E-state index contributed by atoms with van der Waals surface area (Å²) in [5, 5.41) is 21.5. The van der Waals surface area contributed by atoms with E-state index in [-0.39, 0.29) is 16.3 Å². The van der Waals surface area contributed by atoms with Gasteiger partial charge in [0, 0.05) is 29.2 Å². The lowest BCUT2D eigenvalue weighted by Gasteiger charge is -2.13. The number of nitro benzene ring substituents is 2. The molecule has 0 fully saturated rings. The number of benzene rings is 4. The fourth-order valence-electron chi connectivity index (χ4n) is 3.50. The van der Waals surface area contributed by atoms with Crippen molar-refractivity contribution in [1.29, 1.82) is 0 Å². The first-order chi connectivity index (χ1) is 17.1. The Kier molecular flexibility index (Phi) is 9.16. The topological polar surface area (TPSA) is 86.3 Å². The van der Waals surface area contributed by atoms with Crippen LogP contribution in [0.15, 0.2) is 94.7 Å². The Bertz CT molecular complexity index is 1260. The van der Waals surface area contributed by atoms with E-state index in [0.717, 1.165) is 27.1 Å². The molecule has 0 aliphatic rings. The summed E-state index contributed by atoms with van der Waals surface area (Å²) in [5.74, 6) is 0. The Hall–Kier alpha value is -3.75. The van der Waals surface area contributed by atoms with Crippen LogP contribution in [-0.4, -0.2) is 9.85 Å². The van der Waals surface area contributed by atoms with Crippen molar-refractivity contribution in [2.24, 2.45) is 0 Å². The van der Waals surface area contributed by atoms with Gasteiger partial charge in [-0.2, -0.15) is 4.90 Å². The van der Waals surface area contributed by atoms with Crippen molar-refractivity contribution < 1.29 is 9.85 Å².